The Morgan fingerprint density at radius 3 is 3.24 bits per heavy atom. The van der Waals surface area contributed by atoms with Crippen LogP contribution >= 0.6 is 11.3 Å². The van der Waals surface area contributed by atoms with E-state index in [-0.39, 0.29) is 0 Å². The molecule has 0 spiro atoms. The van der Waals surface area contributed by atoms with Gasteiger partial charge < -0.3 is 5.32 Å². The highest BCUT2D eigenvalue weighted by Crippen LogP contribution is 2.24. The van der Waals surface area contributed by atoms with E-state index in [0.29, 0.717) is 0 Å². The van der Waals surface area contributed by atoms with E-state index in [9.17, 15) is 0 Å². The number of nitrogens with one attached hydrogen (secondary N) is 1. The number of fused-ring (bicyclic) bond motifs is 1. The molecule has 2 nitrogen and oxygen atoms in total. The summed E-state index contributed by atoms with van der Waals surface area (Å²) in [4.78, 5) is 4.57. The van der Waals surface area contributed by atoms with Crippen LogP contribution in [0.1, 0.15) is 23.4 Å². The molecule has 1 unspecified atom stereocenters. The van der Waals surface area contributed by atoms with Crippen molar-refractivity contribution in [3.05, 3.63) is 28.8 Å². The van der Waals surface area contributed by atoms with Gasteiger partial charge in [-0.3, -0.25) is 0 Å². The van der Waals surface area contributed by atoms with Gasteiger partial charge in [0.05, 0.1) is 15.2 Å². The molecule has 1 aliphatic heterocycles. The smallest absolute Gasteiger partial charge is 0.0907 e. The minimum atomic E-state index is 0.806. The van der Waals surface area contributed by atoms with Crippen molar-refractivity contribution in [3.8, 4) is 0 Å². The van der Waals surface area contributed by atoms with Crippen molar-refractivity contribution in [3.63, 3.8) is 0 Å². The third-order valence-electron chi connectivity index (χ3n) is 3.48. The van der Waals surface area contributed by atoms with Crippen molar-refractivity contribution in [1.82, 2.24) is 10.3 Å². The van der Waals surface area contributed by atoms with E-state index in [1.807, 2.05) is 0 Å². The van der Waals surface area contributed by atoms with Gasteiger partial charge in [0.1, 0.15) is 0 Å². The molecule has 1 atom stereocenters. The molecule has 3 heteroatoms. The molecule has 3 rings (SSSR count). The summed E-state index contributed by atoms with van der Waals surface area (Å²) < 4.78 is 1.31. The number of rotatable bonds is 2. The second-order valence-corrected chi connectivity index (χ2v) is 6.19. The molecule has 0 saturated carbocycles. The molecule has 1 fully saturated rings. The number of aryl methyl sites for hydroxylation is 1. The number of aromatic nitrogens is 1. The molecule has 17 heavy (non-hydrogen) atoms. The van der Waals surface area contributed by atoms with Gasteiger partial charge in [-0.25, -0.2) is 4.98 Å². The number of hydrogen-bond donors (Lipinski definition) is 1. The van der Waals surface area contributed by atoms with Crippen LogP contribution in [-0.2, 0) is 6.42 Å². The lowest BCUT2D eigenvalue weighted by Gasteiger charge is -2.22. The van der Waals surface area contributed by atoms with E-state index in [0.717, 1.165) is 10.9 Å². The van der Waals surface area contributed by atoms with Crippen LogP contribution in [0.5, 0.6) is 0 Å². The molecule has 1 N–H and O–H groups in total. The van der Waals surface area contributed by atoms with Crippen molar-refractivity contribution >= 4 is 21.6 Å². The fraction of sp³-hybridized carbons (Fsp3) is 0.500. The number of thiazole rings is 1. The van der Waals surface area contributed by atoms with Crippen molar-refractivity contribution in [2.45, 2.75) is 26.2 Å². The average Bonchev–Trinajstić information content (AvgIpc) is 2.70. The topological polar surface area (TPSA) is 24.9 Å². The van der Waals surface area contributed by atoms with Crippen LogP contribution in [0.2, 0.25) is 0 Å². The maximum Gasteiger partial charge on any atom is 0.0907 e. The second kappa shape index (κ2) is 4.75. The van der Waals surface area contributed by atoms with E-state index in [1.54, 1.807) is 11.3 Å². The fourth-order valence-corrected chi connectivity index (χ4v) is 3.45. The Hall–Kier alpha value is -0.930. The molecule has 1 aromatic heterocycles. The lowest BCUT2D eigenvalue weighted by atomic mass is 9.92. The highest BCUT2D eigenvalue weighted by Gasteiger charge is 2.13. The summed E-state index contributed by atoms with van der Waals surface area (Å²) in [6.45, 7) is 4.45. The van der Waals surface area contributed by atoms with Gasteiger partial charge in [-0.1, -0.05) is 6.07 Å². The monoisotopic (exact) mass is 246 g/mol. The number of hydrogen-bond acceptors (Lipinski definition) is 3. The zero-order valence-corrected chi connectivity index (χ0v) is 11.0. The quantitative estimate of drug-likeness (QED) is 0.880. The summed E-state index contributed by atoms with van der Waals surface area (Å²) in [6.07, 6.45) is 3.88. The Bertz CT molecular complexity index is 512. The largest absolute Gasteiger partial charge is 0.316 e. The van der Waals surface area contributed by atoms with Crippen LogP contribution in [0.15, 0.2) is 18.2 Å². The third kappa shape index (κ3) is 2.50. The number of piperidine rings is 1. The molecule has 90 valence electrons. The standard InChI is InChI=1S/C14H18N2S/c1-10-16-13-8-11(4-5-14(13)17-10)7-12-3-2-6-15-9-12/h4-5,8,12,15H,2-3,6-7,9H2,1H3. The van der Waals surface area contributed by atoms with Crippen LogP contribution in [0.3, 0.4) is 0 Å². The highest BCUT2D eigenvalue weighted by molar-refractivity contribution is 7.18. The summed E-state index contributed by atoms with van der Waals surface area (Å²) in [7, 11) is 0. The summed E-state index contributed by atoms with van der Waals surface area (Å²) >= 11 is 1.78. The predicted molar refractivity (Wildman–Crippen MR) is 73.7 cm³/mol. The zero-order valence-electron chi connectivity index (χ0n) is 10.2. The summed E-state index contributed by atoms with van der Waals surface area (Å²) in [5, 5.41) is 4.65. The Balaban J connectivity index is 1.79. The van der Waals surface area contributed by atoms with Gasteiger partial charge in [0.2, 0.25) is 0 Å². The SMILES string of the molecule is Cc1nc2cc(CC3CCCNC3)ccc2s1. The molecule has 1 aromatic carbocycles. The van der Waals surface area contributed by atoms with E-state index in [4.69, 9.17) is 0 Å². The van der Waals surface area contributed by atoms with E-state index >= 15 is 0 Å². The van der Waals surface area contributed by atoms with Gasteiger partial charge in [0.25, 0.3) is 0 Å². The molecule has 2 aromatic rings. The second-order valence-electron chi connectivity index (χ2n) is 4.95. The molecular formula is C14H18N2S. The maximum atomic E-state index is 4.57. The van der Waals surface area contributed by atoms with Gasteiger partial charge in [-0.05, 0) is 62.9 Å². The Morgan fingerprint density at radius 2 is 2.41 bits per heavy atom. The molecular weight excluding hydrogens is 228 g/mol. The van der Waals surface area contributed by atoms with Gasteiger partial charge >= 0.3 is 0 Å². The van der Waals surface area contributed by atoms with Crippen LogP contribution < -0.4 is 5.32 Å². The molecule has 1 aliphatic rings. The molecule has 0 aliphatic carbocycles. The molecule has 2 heterocycles. The van der Waals surface area contributed by atoms with E-state index in [1.165, 1.54) is 48.1 Å². The molecule has 0 amide bonds. The summed E-state index contributed by atoms with van der Waals surface area (Å²) in [5.74, 6) is 0.806. The van der Waals surface area contributed by atoms with Crippen molar-refractivity contribution < 1.29 is 0 Å². The first-order valence-corrected chi connectivity index (χ1v) is 7.20. The van der Waals surface area contributed by atoms with E-state index < -0.39 is 0 Å². The van der Waals surface area contributed by atoms with Gasteiger partial charge in [0, 0.05) is 0 Å². The fourth-order valence-electron chi connectivity index (χ4n) is 2.65. The van der Waals surface area contributed by atoms with Crippen LogP contribution in [0.25, 0.3) is 10.2 Å². The van der Waals surface area contributed by atoms with Gasteiger partial charge in [-0.2, -0.15) is 0 Å². The van der Waals surface area contributed by atoms with Gasteiger partial charge in [-0.15, -0.1) is 11.3 Å². The first-order chi connectivity index (χ1) is 8.31. The van der Waals surface area contributed by atoms with E-state index in [2.05, 4.69) is 35.4 Å². The van der Waals surface area contributed by atoms with Crippen molar-refractivity contribution in [1.29, 1.82) is 0 Å². The van der Waals surface area contributed by atoms with Gasteiger partial charge in [0.15, 0.2) is 0 Å². The lowest BCUT2D eigenvalue weighted by molar-refractivity contribution is 0.376. The Kier molecular flexibility index (Phi) is 3.12. The third-order valence-corrected chi connectivity index (χ3v) is 4.43. The normalized spacial score (nSPS) is 20.9. The first kappa shape index (κ1) is 11.2. The Labute approximate surface area is 106 Å². The van der Waals surface area contributed by atoms with Crippen molar-refractivity contribution in [2.24, 2.45) is 5.92 Å². The lowest BCUT2D eigenvalue weighted by Crippen LogP contribution is -2.30. The van der Waals surface area contributed by atoms with Crippen LogP contribution in [-0.4, -0.2) is 18.1 Å². The Morgan fingerprint density at radius 1 is 1.47 bits per heavy atom. The minimum Gasteiger partial charge on any atom is -0.316 e. The highest BCUT2D eigenvalue weighted by atomic mass is 32.1. The maximum absolute atomic E-state index is 4.57. The zero-order chi connectivity index (χ0) is 11.7. The first-order valence-electron chi connectivity index (χ1n) is 6.38. The minimum absolute atomic E-state index is 0.806. The van der Waals surface area contributed by atoms with Crippen LogP contribution in [0, 0.1) is 12.8 Å². The number of benzene rings is 1. The number of nitrogens with zero attached hydrogens (tertiary/aromatic N) is 1. The summed E-state index contributed by atoms with van der Waals surface area (Å²) in [6, 6.07) is 6.77. The average molecular weight is 246 g/mol. The van der Waals surface area contributed by atoms with Crippen molar-refractivity contribution in [2.75, 3.05) is 13.1 Å². The molecule has 0 bridgehead atoms. The summed E-state index contributed by atoms with van der Waals surface area (Å²) in [5.41, 5.74) is 2.62. The molecule has 1 saturated heterocycles. The van der Waals surface area contributed by atoms with Crippen LogP contribution in [0.4, 0.5) is 0 Å². The predicted octanol–water partition coefficient (Wildman–Crippen LogP) is 3.15. The molecule has 0 radical (unpaired) electrons.